The number of hydrogen-bond donors (Lipinski definition) is 2. The smallest absolute Gasteiger partial charge is 0.252 e. The van der Waals surface area contributed by atoms with E-state index >= 15 is 0 Å². The van der Waals surface area contributed by atoms with E-state index in [0.717, 1.165) is 5.69 Å². The number of nitrogens with zero attached hydrogens (tertiary/aromatic N) is 4. The van der Waals surface area contributed by atoms with Crippen LogP contribution in [-0.4, -0.2) is 32.2 Å². The second-order valence-electron chi connectivity index (χ2n) is 5.20. The van der Waals surface area contributed by atoms with Gasteiger partial charge in [-0.05, 0) is 12.0 Å². The standard InChI is InChI=1S/C14H20N6O/c1-9(2)11-7-12(18-13(21)10(3)8-15)20(19-11)14-16-5-4-6-17-14/h4-7,9-10H,8,15H2,1-3H3,(H,18,21). The zero-order valence-corrected chi connectivity index (χ0v) is 12.4. The van der Waals surface area contributed by atoms with Crippen LogP contribution in [0.3, 0.4) is 0 Å². The topological polar surface area (TPSA) is 98.7 Å². The molecule has 0 aromatic carbocycles. The third-order valence-electron chi connectivity index (χ3n) is 3.11. The normalized spacial score (nSPS) is 12.4. The molecule has 1 unspecified atom stereocenters. The minimum Gasteiger partial charge on any atom is -0.330 e. The van der Waals surface area contributed by atoms with E-state index in [2.05, 4.69) is 20.4 Å². The second-order valence-corrected chi connectivity index (χ2v) is 5.20. The van der Waals surface area contributed by atoms with Crippen molar-refractivity contribution in [3.63, 3.8) is 0 Å². The Hall–Kier alpha value is -2.28. The third kappa shape index (κ3) is 3.43. The van der Waals surface area contributed by atoms with Gasteiger partial charge in [0.05, 0.1) is 5.69 Å². The molecule has 7 heteroatoms. The average molecular weight is 288 g/mol. The lowest BCUT2D eigenvalue weighted by atomic mass is 10.1. The van der Waals surface area contributed by atoms with Crippen LogP contribution in [0.5, 0.6) is 0 Å². The molecule has 0 fully saturated rings. The summed E-state index contributed by atoms with van der Waals surface area (Å²) in [5.41, 5.74) is 6.38. The molecule has 7 nitrogen and oxygen atoms in total. The Bertz CT molecular complexity index is 607. The highest BCUT2D eigenvalue weighted by molar-refractivity contribution is 5.91. The zero-order valence-electron chi connectivity index (χ0n) is 12.4. The number of nitrogens with two attached hydrogens (primary N) is 1. The molecule has 112 valence electrons. The lowest BCUT2D eigenvalue weighted by Crippen LogP contribution is -2.27. The Labute approximate surface area is 123 Å². The summed E-state index contributed by atoms with van der Waals surface area (Å²) in [5, 5.41) is 7.30. The van der Waals surface area contributed by atoms with Gasteiger partial charge in [0.2, 0.25) is 5.91 Å². The second kappa shape index (κ2) is 6.45. The van der Waals surface area contributed by atoms with Crippen molar-refractivity contribution in [2.75, 3.05) is 11.9 Å². The number of amides is 1. The van der Waals surface area contributed by atoms with Crippen LogP contribution in [0.1, 0.15) is 32.4 Å². The Morgan fingerprint density at radius 3 is 2.57 bits per heavy atom. The molecular weight excluding hydrogens is 268 g/mol. The van der Waals surface area contributed by atoms with Crippen molar-refractivity contribution in [2.45, 2.75) is 26.7 Å². The molecule has 0 saturated carbocycles. The van der Waals surface area contributed by atoms with Gasteiger partial charge in [-0.25, -0.2) is 9.97 Å². The first-order chi connectivity index (χ1) is 10.0. The van der Waals surface area contributed by atoms with Gasteiger partial charge in [-0.1, -0.05) is 20.8 Å². The summed E-state index contributed by atoms with van der Waals surface area (Å²) in [6.07, 6.45) is 3.26. The van der Waals surface area contributed by atoms with E-state index in [9.17, 15) is 4.79 Å². The summed E-state index contributed by atoms with van der Waals surface area (Å²) in [4.78, 5) is 20.4. The minimum absolute atomic E-state index is 0.148. The van der Waals surface area contributed by atoms with Crippen LogP contribution < -0.4 is 11.1 Å². The Balaban J connectivity index is 2.37. The number of aromatic nitrogens is 4. The first kappa shape index (κ1) is 15.1. The van der Waals surface area contributed by atoms with Crippen molar-refractivity contribution in [2.24, 2.45) is 11.7 Å². The Morgan fingerprint density at radius 2 is 2.00 bits per heavy atom. The molecule has 0 aliphatic carbocycles. The van der Waals surface area contributed by atoms with E-state index in [-0.39, 0.29) is 17.7 Å². The number of rotatable bonds is 5. The van der Waals surface area contributed by atoms with Gasteiger partial charge >= 0.3 is 0 Å². The van der Waals surface area contributed by atoms with Crippen LogP contribution in [0.25, 0.3) is 5.95 Å². The van der Waals surface area contributed by atoms with E-state index in [1.54, 1.807) is 25.4 Å². The molecule has 1 amide bonds. The predicted molar refractivity (Wildman–Crippen MR) is 80.1 cm³/mol. The van der Waals surface area contributed by atoms with Crippen molar-refractivity contribution < 1.29 is 4.79 Å². The molecule has 0 radical (unpaired) electrons. The van der Waals surface area contributed by atoms with Gasteiger partial charge in [0.15, 0.2) is 0 Å². The fourth-order valence-electron chi connectivity index (χ4n) is 1.68. The summed E-state index contributed by atoms with van der Waals surface area (Å²) >= 11 is 0. The fraction of sp³-hybridized carbons (Fsp3) is 0.429. The van der Waals surface area contributed by atoms with Gasteiger partial charge in [-0.2, -0.15) is 9.78 Å². The monoisotopic (exact) mass is 288 g/mol. The molecule has 2 rings (SSSR count). The predicted octanol–water partition coefficient (Wildman–Crippen LogP) is 1.32. The first-order valence-electron chi connectivity index (χ1n) is 6.91. The van der Waals surface area contributed by atoms with Crippen molar-refractivity contribution in [1.29, 1.82) is 0 Å². The Kier molecular flexibility index (Phi) is 4.64. The zero-order chi connectivity index (χ0) is 15.4. The van der Waals surface area contributed by atoms with Crippen LogP contribution in [0.15, 0.2) is 24.5 Å². The first-order valence-corrected chi connectivity index (χ1v) is 6.91. The molecule has 21 heavy (non-hydrogen) atoms. The van der Waals surface area contributed by atoms with Crippen LogP contribution in [0.4, 0.5) is 5.82 Å². The molecular formula is C14H20N6O. The fourth-order valence-corrected chi connectivity index (χ4v) is 1.68. The maximum atomic E-state index is 12.0. The maximum Gasteiger partial charge on any atom is 0.252 e. The highest BCUT2D eigenvalue weighted by atomic mass is 16.2. The largest absolute Gasteiger partial charge is 0.330 e. The minimum atomic E-state index is -0.271. The summed E-state index contributed by atoms with van der Waals surface area (Å²) in [6, 6.07) is 3.56. The van der Waals surface area contributed by atoms with E-state index in [4.69, 9.17) is 5.73 Å². The van der Waals surface area contributed by atoms with Crippen molar-refractivity contribution in [3.05, 3.63) is 30.2 Å². The summed E-state index contributed by atoms with van der Waals surface area (Å²) in [5.74, 6) is 0.783. The van der Waals surface area contributed by atoms with Gasteiger partial charge in [-0.3, -0.25) is 4.79 Å². The quantitative estimate of drug-likeness (QED) is 0.864. The van der Waals surface area contributed by atoms with Gasteiger partial charge < -0.3 is 11.1 Å². The highest BCUT2D eigenvalue weighted by Crippen LogP contribution is 2.20. The van der Waals surface area contributed by atoms with Crippen LogP contribution in [0.2, 0.25) is 0 Å². The van der Waals surface area contributed by atoms with E-state index in [1.165, 1.54) is 4.68 Å². The molecule has 1 atom stereocenters. The Morgan fingerprint density at radius 1 is 1.33 bits per heavy atom. The van der Waals surface area contributed by atoms with Gasteiger partial charge in [-0.15, -0.1) is 0 Å². The molecule has 0 aliphatic rings. The SMILES string of the molecule is CC(CN)C(=O)Nc1cc(C(C)C)nn1-c1ncccn1. The van der Waals surface area contributed by atoms with Crippen molar-refractivity contribution in [3.8, 4) is 5.95 Å². The lowest BCUT2D eigenvalue weighted by Gasteiger charge is -2.10. The molecule has 0 bridgehead atoms. The molecule has 0 saturated heterocycles. The number of anilines is 1. The molecule has 2 heterocycles. The van der Waals surface area contributed by atoms with E-state index < -0.39 is 0 Å². The third-order valence-corrected chi connectivity index (χ3v) is 3.11. The molecule has 2 aromatic rings. The van der Waals surface area contributed by atoms with Gasteiger partial charge in [0.25, 0.3) is 5.95 Å². The number of nitrogens with one attached hydrogen (secondary N) is 1. The summed E-state index contributed by atoms with van der Waals surface area (Å²) < 4.78 is 1.54. The number of carbonyl (C=O) groups excluding carboxylic acids is 1. The number of hydrogen-bond acceptors (Lipinski definition) is 5. The van der Waals surface area contributed by atoms with Crippen LogP contribution >= 0.6 is 0 Å². The van der Waals surface area contributed by atoms with Gasteiger partial charge in [0.1, 0.15) is 5.82 Å². The lowest BCUT2D eigenvalue weighted by molar-refractivity contribution is -0.119. The van der Waals surface area contributed by atoms with Crippen molar-refractivity contribution >= 4 is 11.7 Å². The molecule has 0 spiro atoms. The summed E-state index contributed by atoms with van der Waals surface area (Å²) in [7, 11) is 0. The summed E-state index contributed by atoms with van der Waals surface area (Å²) in [6.45, 7) is 6.14. The molecule has 2 aromatic heterocycles. The van der Waals surface area contributed by atoms with Crippen LogP contribution in [-0.2, 0) is 4.79 Å². The van der Waals surface area contributed by atoms with E-state index in [1.807, 2.05) is 19.9 Å². The van der Waals surface area contributed by atoms with Gasteiger partial charge in [0, 0.05) is 30.9 Å². The van der Waals surface area contributed by atoms with Crippen LogP contribution in [0, 0.1) is 5.92 Å². The molecule has 3 N–H and O–H groups in total. The number of carbonyl (C=O) groups is 1. The van der Waals surface area contributed by atoms with E-state index in [0.29, 0.717) is 18.3 Å². The molecule has 0 aliphatic heterocycles. The average Bonchev–Trinajstić information content (AvgIpc) is 2.91. The van der Waals surface area contributed by atoms with Crippen molar-refractivity contribution in [1.82, 2.24) is 19.7 Å². The maximum absolute atomic E-state index is 12.0. The highest BCUT2D eigenvalue weighted by Gasteiger charge is 2.18.